The molecule has 1 aliphatic heterocycles. The van der Waals surface area contributed by atoms with Crippen LogP contribution in [0.1, 0.15) is 38.5 Å². The van der Waals surface area contributed by atoms with Crippen molar-refractivity contribution >= 4 is 33.5 Å². The molecule has 2 fully saturated rings. The Balaban J connectivity index is 1.64. The SMILES string of the molecule is COC(=O)C1(NC(=O)C2CCN(S(=O)(=O)c3cccnc3Cl)CC2)CCCC1. The van der Waals surface area contributed by atoms with Gasteiger partial charge in [-0.3, -0.25) is 4.79 Å². The van der Waals surface area contributed by atoms with Gasteiger partial charge in [-0.1, -0.05) is 24.4 Å². The van der Waals surface area contributed by atoms with Crippen LogP contribution >= 0.6 is 11.6 Å². The Morgan fingerprint density at radius 1 is 1.29 bits per heavy atom. The summed E-state index contributed by atoms with van der Waals surface area (Å²) in [6, 6.07) is 2.94. The molecule has 0 atom stereocenters. The lowest BCUT2D eigenvalue weighted by atomic mass is 9.92. The minimum Gasteiger partial charge on any atom is -0.467 e. The van der Waals surface area contributed by atoms with Gasteiger partial charge in [0.2, 0.25) is 15.9 Å². The number of pyridine rings is 1. The highest BCUT2D eigenvalue weighted by Gasteiger charge is 2.45. The molecule has 2 heterocycles. The third kappa shape index (κ3) is 4.01. The molecule has 1 aromatic heterocycles. The number of rotatable bonds is 5. The van der Waals surface area contributed by atoms with Crippen molar-refractivity contribution in [1.82, 2.24) is 14.6 Å². The van der Waals surface area contributed by atoms with E-state index in [1.54, 1.807) is 0 Å². The van der Waals surface area contributed by atoms with E-state index < -0.39 is 21.5 Å². The molecular formula is C18H24ClN3O5S. The average molecular weight is 430 g/mol. The van der Waals surface area contributed by atoms with Crippen molar-refractivity contribution in [2.24, 2.45) is 5.92 Å². The lowest BCUT2D eigenvalue weighted by molar-refractivity contribution is -0.151. The predicted molar refractivity (Wildman–Crippen MR) is 102 cm³/mol. The van der Waals surface area contributed by atoms with E-state index >= 15 is 0 Å². The maximum atomic E-state index is 12.8. The number of ether oxygens (including phenoxy) is 1. The van der Waals surface area contributed by atoms with Crippen LogP contribution in [0.5, 0.6) is 0 Å². The summed E-state index contributed by atoms with van der Waals surface area (Å²) in [6.07, 6.45) is 5.03. The summed E-state index contributed by atoms with van der Waals surface area (Å²) in [5.41, 5.74) is -0.946. The van der Waals surface area contributed by atoms with E-state index in [0.717, 1.165) is 12.8 Å². The Morgan fingerprint density at radius 2 is 1.93 bits per heavy atom. The third-order valence-corrected chi connectivity index (χ3v) is 7.91. The second-order valence-electron chi connectivity index (χ2n) is 7.24. The van der Waals surface area contributed by atoms with Gasteiger partial charge in [0.25, 0.3) is 0 Å². The first-order valence-electron chi connectivity index (χ1n) is 9.31. The molecule has 0 unspecified atom stereocenters. The second kappa shape index (κ2) is 8.34. The smallest absolute Gasteiger partial charge is 0.331 e. The zero-order valence-electron chi connectivity index (χ0n) is 15.7. The Labute approximate surface area is 169 Å². The summed E-state index contributed by atoms with van der Waals surface area (Å²) < 4.78 is 31.8. The number of sulfonamides is 1. The molecule has 1 N–H and O–H groups in total. The van der Waals surface area contributed by atoms with Gasteiger partial charge in [0.15, 0.2) is 0 Å². The van der Waals surface area contributed by atoms with Gasteiger partial charge < -0.3 is 10.1 Å². The average Bonchev–Trinajstić information content (AvgIpc) is 3.17. The van der Waals surface area contributed by atoms with Gasteiger partial charge in [-0.15, -0.1) is 0 Å². The number of carbonyl (C=O) groups is 2. The van der Waals surface area contributed by atoms with Gasteiger partial charge in [0, 0.05) is 25.2 Å². The van der Waals surface area contributed by atoms with Crippen LogP contribution in [0, 0.1) is 5.92 Å². The standard InChI is InChI=1S/C18H24ClN3O5S/c1-27-17(24)18(8-2-3-9-18)21-16(23)13-6-11-22(12-7-13)28(25,26)14-5-4-10-20-15(14)19/h4-5,10,13H,2-3,6-9,11-12H2,1H3,(H,21,23). The summed E-state index contributed by atoms with van der Waals surface area (Å²) in [7, 11) is -2.44. The van der Waals surface area contributed by atoms with Crippen molar-refractivity contribution < 1.29 is 22.7 Å². The van der Waals surface area contributed by atoms with Crippen LogP contribution in [-0.4, -0.2) is 55.3 Å². The van der Waals surface area contributed by atoms with Crippen LogP contribution in [0.25, 0.3) is 0 Å². The van der Waals surface area contributed by atoms with Gasteiger partial charge in [0.05, 0.1) is 7.11 Å². The largest absolute Gasteiger partial charge is 0.467 e. The fourth-order valence-corrected chi connectivity index (χ4v) is 5.85. The number of aromatic nitrogens is 1. The molecule has 154 valence electrons. The lowest BCUT2D eigenvalue weighted by Gasteiger charge is -2.33. The van der Waals surface area contributed by atoms with Crippen LogP contribution < -0.4 is 5.32 Å². The van der Waals surface area contributed by atoms with Gasteiger partial charge >= 0.3 is 5.97 Å². The molecule has 1 amide bonds. The maximum Gasteiger partial charge on any atom is 0.331 e. The first kappa shape index (κ1) is 21.0. The van der Waals surface area contributed by atoms with Crippen molar-refractivity contribution in [1.29, 1.82) is 0 Å². The van der Waals surface area contributed by atoms with E-state index in [-0.39, 0.29) is 35.0 Å². The minimum atomic E-state index is -3.76. The lowest BCUT2D eigenvalue weighted by Crippen LogP contribution is -2.55. The number of esters is 1. The van der Waals surface area contributed by atoms with Crippen molar-refractivity contribution in [3.63, 3.8) is 0 Å². The molecule has 1 aliphatic carbocycles. The number of hydrogen-bond acceptors (Lipinski definition) is 6. The minimum absolute atomic E-state index is 0.0323. The molecule has 28 heavy (non-hydrogen) atoms. The molecule has 1 saturated carbocycles. The zero-order valence-corrected chi connectivity index (χ0v) is 17.3. The highest BCUT2D eigenvalue weighted by atomic mass is 35.5. The van der Waals surface area contributed by atoms with Gasteiger partial charge in [-0.25, -0.2) is 18.2 Å². The van der Waals surface area contributed by atoms with Crippen LogP contribution in [-0.2, 0) is 24.3 Å². The number of halogens is 1. The number of piperidine rings is 1. The van der Waals surface area contributed by atoms with Crippen LogP contribution in [0.15, 0.2) is 23.2 Å². The normalized spacial score (nSPS) is 20.6. The Bertz CT molecular complexity index is 847. The van der Waals surface area contributed by atoms with Crippen molar-refractivity contribution in [2.75, 3.05) is 20.2 Å². The predicted octanol–water partition coefficient (Wildman–Crippen LogP) is 1.74. The zero-order chi connectivity index (χ0) is 20.4. The molecular weight excluding hydrogens is 406 g/mol. The number of methoxy groups -OCH3 is 1. The summed E-state index contributed by atoms with van der Waals surface area (Å²) in [5.74, 6) is -0.980. The van der Waals surface area contributed by atoms with Crippen LogP contribution in [0.4, 0.5) is 0 Å². The van der Waals surface area contributed by atoms with E-state index in [2.05, 4.69) is 10.3 Å². The fourth-order valence-electron chi connectivity index (χ4n) is 3.95. The van der Waals surface area contributed by atoms with E-state index in [1.807, 2.05) is 0 Å². The number of carbonyl (C=O) groups excluding carboxylic acids is 2. The molecule has 0 spiro atoms. The summed E-state index contributed by atoms with van der Waals surface area (Å²) in [4.78, 5) is 28.7. The van der Waals surface area contributed by atoms with Gasteiger partial charge in [0.1, 0.15) is 15.6 Å². The fraction of sp³-hybridized carbons (Fsp3) is 0.611. The summed E-state index contributed by atoms with van der Waals surface area (Å²) in [6.45, 7) is 0.410. The molecule has 10 heteroatoms. The van der Waals surface area contributed by atoms with Crippen molar-refractivity contribution in [2.45, 2.75) is 49.0 Å². The molecule has 3 rings (SSSR count). The topological polar surface area (TPSA) is 106 Å². The Hall–Kier alpha value is -1.71. The summed E-state index contributed by atoms with van der Waals surface area (Å²) in [5, 5.41) is 2.83. The summed E-state index contributed by atoms with van der Waals surface area (Å²) >= 11 is 5.94. The van der Waals surface area contributed by atoms with Crippen LogP contribution in [0.3, 0.4) is 0 Å². The number of nitrogens with one attached hydrogen (secondary N) is 1. The van der Waals surface area contributed by atoms with E-state index in [0.29, 0.717) is 25.7 Å². The monoisotopic (exact) mass is 429 g/mol. The van der Waals surface area contributed by atoms with E-state index in [9.17, 15) is 18.0 Å². The second-order valence-corrected chi connectivity index (χ2v) is 9.51. The Morgan fingerprint density at radius 3 is 2.50 bits per heavy atom. The molecule has 0 aromatic carbocycles. The first-order chi connectivity index (χ1) is 13.3. The maximum absolute atomic E-state index is 12.8. The van der Waals surface area contributed by atoms with Crippen LogP contribution in [0.2, 0.25) is 5.15 Å². The van der Waals surface area contributed by atoms with E-state index in [1.165, 1.54) is 29.7 Å². The molecule has 0 radical (unpaired) electrons. The molecule has 2 aliphatic rings. The van der Waals surface area contributed by atoms with E-state index in [4.69, 9.17) is 16.3 Å². The molecule has 1 aromatic rings. The molecule has 1 saturated heterocycles. The molecule has 8 nitrogen and oxygen atoms in total. The Kier molecular flexibility index (Phi) is 6.26. The van der Waals surface area contributed by atoms with Gasteiger partial charge in [-0.05, 0) is 37.8 Å². The third-order valence-electron chi connectivity index (χ3n) is 5.56. The highest BCUT2D eigenvalue weighted by Crippen LogP contribution is 2.32. The van der Waals surface area contributed by atoms with Gasteiger partial charge in [-0.2, -0.15) is 4.31 Å². The quantitative estimate of drug-likeness (QED) is 0.564. The first-order valence-corrected chi connectivity index (χ1v) is 11.1. The number of amides is 1. The highest BCUT2D eigenvalue weighted by molar-refractivity contribution is 7.89. The number of nitrogens with zero attached hydrogens (tertiary/aromatic N) is 2. The van der Waals surface area contributed by atoms with Crippen molar-refractivity contribution in [3.8, 4) is 0 Å². The number of hydrogen-bond donors (Lipinski definition) is 1. The van der Waals surface area contributed by atoms with Crippen molar-refractivity contribution in [3.05, 3.63) is 23.5 Å². The molecule has 0 bridgehead atoms.